The fourth-order valence-electron chi connectivity index (χ4n) is 1.42. The molecule has 0 fully saturated rings. The summed E-state index contributed by atoms with van der Waals surface area (Å²) in [6, 6.07) is -0.198. The summed E-state index contributed by atoms with van der Waals surface area (Å²) in [5.74, 6) is 0. The minimum atomic E-state index is -0.141. The molecule has 0 aliphatic rings. The maximum absolute atomic E-state index is 11.6. The van der Waals surface area contributed by atoms with E-state index in [0.29, 0.717) is 6.54 Å². The number of hydrogen-bond donors (Lipinski definition) is 2. The van der Waals surface area contributed by atoms with E-state index in [1.54, 1.807) is 11.3 Å². The van der Waals surface area contributed by atoms with Gasteiger partial charge in [-0.25, -0.2) is 9.78 Å². The Morgan fingerprint density at radius 2 is 2.33 bits per heavy atom. The van der Waals surface area contributed by atoms with Gasteiger partial charge in [0.25, 0.3) is 0 Å². The van der Waals surface area contributed by atoms with Gasteiger partial charge in [0.05, 0.1) is 16.7 Å². The van der Waals surface area contributed by atoms with Gasteiger partial charge >= 0.3 is 6.03 Å². The highest BCUT2D eigenvalue weighted by Gasteiger charge is 2.11. The Bertz CT molecular complexity index is 380. The van der Waals surface area contributed by atoms with Gasteiger partial charge in [-0.2, -0.15) is 0 Å². The first-order valence-corrected chi connectivity index (χ1v) is 7.05. The number of nitrogens with one attached hydrogen (secondary N) is 2. The number of hydrogen-bond acceptors (Lipinski definition) is 4. The molecule has 5 nitrogen and oxygen atoms in total. The number of aryl methyl sites for hydroxylation is 1. The van der Waals surface area contributed by atoms with Crippen molar-refractivity contribution in [1.29, 1.82) is 0 Å². The average Bonchev–Trinajstić information content (AvgIpc) is 2.75. The molecule has 0 spiro atoms. The van der Waals surface area contributed by atoms with Gasteiger partial charge in [-0.15, -0.1) is 11.3 Å². The molecule has 0 saturated heterocycles. The molecule has 0 aromatic carbocycles. The summed E-state index contributed by atoms with van der Waals surface area (Å²) in [4.78, 5) is 18.1. The fourth-order valence-corrected chi connectivity index (χ4v) is 2.13. The van der Waals surface area contributed by atoms with Crippen molar-refractivity contribution in [2.45, 2.75) is 26.8 Å². The third kappa shape index (κ3) is 5.01. The van der Waals surface area contributed by atoms with Crippen molar-refractivity contribution in [2.24, 2.45) is 0 Å². The van der Waals surface area contributed by atoms with Gasteiger partial charge in [0, 0.05) is 18.5 Å². The van der Waals surface area contributed by atoms with Crippen LogP contribution in [0.4, 0.5) is 4.79 Å². The Kier molecular flexibility index (Phi) is 6.07. The van der Waals surface area contributed by atoms with E-state index in [1.165, 1.54) is 0 Å². The van der Waals surface area contributed by atoms with Crippen LogP contribution in [0.15, 0.2) is 5.38 Å². The number of aromatic nitrogens is 1. The highest BCUT2D eigenvalue weighted by molar-refractivity contribution is 7.09. The van der Waals surface area contributed by atoms with E-state index in [1.807, 2.05) is 26.3 Å². The first-order valence-electron chi connectivity index (χ1n) is 6.17. The van der Waals surface area contributed by atoms with Gasteiger partial charge < -0.3 is 15.5 Å². The topological polar surface area (TPSA) is 57.3 Å². The molecule has 1 atom stereocenters. The second-order valence-electron chi connectivity index (χ2n) is 4.31. The maximum Gasteiger partial charge on any atom is 0.315 e. The van der Waals surface area contributed by atoms with Gasteiger partial charge in [0.1, 0.15) is 0 Å². The van der Waals surface area contributed by atoms with Gasteiger partial charge in [-0.3, -0.25) is 0 Å². The third-order valence-corrected chi connectivity index (χ3v) is 3.54. The maximum atomic E-state index is 11.6. The summed E-state index contributed by atoms with van der Waals surface area (Å²) in [6.07, 6.45) is 0. The molecule has 102 valence electrons. The molecular weight excluding hydrogens is 248 g/mol. The van der Waals surface area contributed by atoms with Crippen LogP contribution in [0.5, 0.6) is 0 Å². The van der Waals surface area contributed by atoms with Gasteiger partial charge in [-0.05, 0) is 27.4 Å². The fraction of sp³-hybridized carbons (Fsp3) is 0.667. The molecule has 2 N–H and O–H groups in total. The van der Waals surface area contributed by atoms with Gasteiger partial charge in [0.2, 0.25) is 0 Å². The van der Waals surface area contributed by atoms with Crippen LogP contribution in [0, 0.1) is 6.92 Å². The molecule has 0 aliphatic carbocycles. The minimum absolute atomic E-state index is 0.0566. The standard InChI is InChI=1S/C12H22N4OS/c1-5-16(4)7-6-13-12(17)14-9(2)11-8-18-10(3)15-11/h8-9H,5-7H2,1-4H3,(H2,13,14,17)/t9-/m1/s1. The van der Waals surface area contributed by atoms with E-state index < -0.39 is 0 Å². The molecular formula is C12H22N4OS. The molecule has 0 unspecified atom stereocenters. The molecule has 0 saturated carbocycles. The predicted octanol–water partition coefficient (Wildman–Crippen LogP) is 1.76. The van der Waals surface area contributed by atoms with E-state index in [-0.39, 0.29) is 12.1 Å². The van der Waals surface area contributed by atoms with Crippen LogP contribution >= 0.6 is 11.3 Å². The highest BCUT2D eigenvalue weighted by atomic mass is 32.1. The Balaban J connectivity index is 2.27. The number of rotatable bonds is 6. The van der Waals surface area contributed by atoms with Crippen molar-refractivity contribution in [1.82, 2.24) is 20.5 Å². The van der Waals surface area contributed by atoms with Crippen molar-refractivity contribution in [3.63, 3.8) is 0 Å². The first kappa shape index (κ1) is 14.9. The quantitative estimate of drug-likeness (QED) is 0.828. The highest BCUT2D eigenvalue weighted by Crippen LogP contribution is 2.15. The van der Waals surface area contributed by atoms with Crippen molar-refractivity contribution in [3.8, 4) is 0 Å². The summed E-state index contributed by atoms with van der Waals surface area (Å²) in [7, 11) is 2.03. The zero-order chi connectivity index (χ0) is 13.5. The summed E-state index contributed by atoms with van der Waals surface area (Å²) in [5, 5.41) is 8.71. The molecule has 2 amide bonds. The summed E-state index contributed by atoms with van der Waals surface area (Å²) in [5.41, 5.74) is 0.915. The van der Waals surface area contributed by atoms with Crippen LogP contribution in [-0.2, 0) is 0 Å². The van der Waals surface area contributed by atoms with E-state index in [4.69, 9.17) is 0 Å². The smallest absolute Gasteiger partial charge is 0.315 e. The van der Waals surface area contributed by atoms with Gasteiger partial charge in [0.15, 0.2) is 0 Å². The SMILES string of the molecule is CCN(C)CCNC(=O)N[C@H](C)c1csc(C)n1. The lowest BCUT2D eigenvalue weighted by Gasteiger charge is -2.16. The van der Waals surface area contributed by atoms with Gasteiger partial charge in [-0.1, -0.05) is 6.92 Å². The average molecular weight is 270 g/mol. The summed E-state index contributed by atoms with van der Waals surface area (Å²) in [6.45, 7) is 8.48. The van der Waals surface area contributed by atoms with Crippen LogP contribution in [0.1, 0.15) is 30.6 Å². The second kappa shape index (κ2) is 7.33. The first-order chi connectivity index (χ1) is 8.52. The van der Waals surface area contributed by atoms with Crippen LogP contribution in [0.3, 0.4) is 0 Å². The van der Waals surface area contributed by atoms with Crippen LogP contribution in [0.2, 0.25) is 0 Å². The largest absolute Gasteiger partial charge is 0.337 e. The Hall–Kier alpha value is -1.14. The number of urea groups is 1. The van der Waals surface area contributed by atoms with E-state index in [9.17, 15) is 4.79 Å². The van der Waals surface area contributed by atoms with Crippen molar-refractivity contribution in [3.05, 3.63) is 16.1 Å². The molecule has 0 radical (unpaired) electrons. The molecule has 0 aliphatic heterocycles. The number of nitrogens with zero attached hydrogens (tertiary/aromatic N) is 2. The lowest BCUT2D eigenvalue weighted by molar-refractivity contribution is 0.235. The lowest BCUT2D eigenvalue weighted by atomic mass is 10.3. The van der Waals surface area contributed by atoms with Crippen molar-refractivity contribution >= 4 is 17.4 Å². The summed E-state index contributed by atoms with van der Waals surface area (Å²) < 4.78 is 0. The zero-order valence-corrected chi connectivity index (χ0v) is 12.3. The predicted molar refractivity (Wildman–Crippen MR) is 75.0 cm³/mol. The van der Waals surface area contributed by atoms with Crippen LogP contribution in [-0.4, -0.2) is 42.6 Å². The Morgan fingerprint density at radius 1 is 1.61 bits per heavy atom. The number of carbonyl (C=O) groups is 1. The molecule has 1 rings (SSSR count). The number of likely N-dealkylation sites (N-methyl/N-ethyl adjacent to an activating group) is 1. The van der Waals surface area contributed by atoms with Crippen molar-refractivity contribution in [2.75, 3.05) is 26.7 Å². The Labute approximate surface area is 113 Å². The Morgan fingerprint density at radius 3 is 2.89 bits per heavy atom. The van der Waals surface area contributed by atoms with Crippen molar-refractivity contribution < 1.29 is 4.79 Å². The van der Waals surface area contributed by atoms with E-state index in [2.05, 4.69) is 27.4 Å². The molecule has 1 aromatic heterocycles. The molecule has 1 aromatic rings. The third-order valence-electron chi connectivity index (χ3n) is 2.75. The molecule has 18 heavy (non-hydrogen) atoms. The number of thiazole rings is 1. The van der Waals surface area contributed by atoms with E-state index >= 15 is 0 Å². The monoisotopic (exact) mass is 270 g/mol. The minimum Gasteiger partial charge on any atom is -0.337 e. The van der Waals surface area contributed by atoms with Crippen LogP contribution < -0.4 is 10.6 Å². The normalized spacial score (nSPS) is 12.5. The summed E-state index contributed by atoms with van der Waals surface area (Å²) >= 11 is 1.60. The molecule has 1 heterocycles. The van der Waals surface area contributed by atoms with Crippen LogP contribution in [0.25, 0.3) is 0 Å². The van der Waals surface area contributed by atoms with E-state index in [0.717, 1.165) is 23.8 Å². The zero-order valence-electron chi connectivity index (χ0n) is 11.5. The second-order valence-corrected chi connectivity index (χ2v) is 5.37. The number of carbonyl (C=O) groups excluding carboxylic acids is 1. The lowest BCUT2D eigenvalue weighted by Crippen LogP contribution is -2.40. The molecule has 0 bridgehead atoms. The molecule has 6 heteroatoms. The number of amides is 2.